The molecule has 2 rings (SSSR count). The van der Waals surface area contributed by atoms with E-state index in [1.807, 2.05) is 0 Å². The zero-order valence-corrected chi connectivity index (χ0v) is 10.0. The minimum Gasteiger partial charge on any atom is -0.406 e. The third-order valence-corrected chi connectivity index (χ3v) is 2.45. The molecule has 0 unspecified atom stereocenters. The van der Waals surface area contributed by atoms with Crippen LogP contribution in [0.5, 0.6) is 5.75 Å². The van der Waals surface area contributed by atoms with Crippen LogP contribution in [0.1, 0.15) is 0 Å². The minimum atomic E-state index is -4.70. The van der Waals surface area contributed by atoms with Gasteiger partial charge < -0.3 is 4.74 Å². The third-order valence-electron chi connectivity index (χ3n) is 2.45. The monoisotopic (exact) mass is 279 g/mol. The van der Waals surface area contributed by atoms with Gasteiger partial charge in [0.05, 0.1) is 0 Å². The van der Waals surface area contributed by atoms with Crippen LogP contribution in [-0.4, -0.2) is 6.36 Å². The van der Waals surface area contributed by atoms with Gasteiger partial charge in [-0.1, -0.05) is 41.5 Å². The molecule has 4 nitrogen and oxygen atoms in total. The summed E-state index contributed by atoms with van der Waals surface area (Å²) in [4.78, 5) is 2.66. The number of nitrogens with zero attached hydrogens (tertiary/aromatic N) is 3. The zero-order valence-electron chi connectivity index (χ0n) is 10.0. The number of alkyl halides is 3. The summed E-state index contributed by atoms with van der Waals surface area (Å²) in [6, 6.07) is 12.2. The molecule has 0 amide bonds. The number of azide groups is 1. The highest BCUT2D eigenvalue weighted by molar-refractivity contribution is 5.65. The molecule has 0 bridgehead atoms. The Morgan fingerprint density at radius 3 is 1.85 bits per heavy atom. The molecule has 0 aromatic heterocycles. The van der Waals surface area contributed by atoms with Gasteiger partial charge in [0.2, 0.25) is 0 Å². The quantitative estimate of drug-likeness (QED) is 0.433. The predicted octanol–water partition coefficient (Wildman–Crippen LogP) is 5.19. The van der Waals surface area contributed by atoms with Crippen LogP contribution >= 0.6 is 0 Å². The largest absolute Gasteiger partial charge is 0.573 e. The van der Waals surface area contributed by atoms with Crippen LogP contribution in [0.4, 0.5) is 18.9 Å². The lowest BCUT2D eigenvalue weighted by Gasteiger charge is -2.09. The van der Waals surface area contributed by atoms with E-state index >= 15 is 0 Å². The van der Waals surface area contributed by atoms with Crippen molar-refractivity contribution < 1.29 is 17.9 Å². The molecule has 0 aliphatic heterocycles. The summed E-state index contributed by atoms with van der Waals surface area (Å²) in [5.41, 5.74) is 10.3. The molecular formula is C13H8F3N3O. The molecular weight excluding hydrogens is 271 g/mol. The molecule has 0 heterocycles. The SMILES string of the molecule is [N-]=[N+]=Nc1ccc(-c2ccc(OC(F)(F)F)cc2)cc1. The molecule has 0 saturated heterocycles. The average molecular weight is 279 g/mol. The normalized spacial score (nSPS) is 10.8. The van der Waals surface area contributed by atoms with Crippen molar-refractivity contribution in [1.29, 1.82) is 0 Å². The lowest BCUT2D eigenvalue weighted by molar-refractivity contribution is -0.274. The highest BCUT2D eigenvalue weighted by Gasteiger charge is 2.30. The molecule has 0 radical (unpaired) electrons. The number of hydrogen-bond donors (Lipinski definition) is 0. The lowest BCUT2D eigenvalue weighted by Crippen LogP contribution is -2.16. The van der Waals surface area contributed by atoms with Crippen molar-refractivity contribution in [2.75, 3.05) is 0 Å². The van der Waals surface area contributed by atoms with Crippen molar-refractivity contribution in [3.8, 4) is 16.9 Å². The van der Waals surface area contributed by atoms with Crippen molar-refractivity contribution in [1.82, 2.24) is 0 Å². The van der Waals surface area contributed by atoms with Gasteiger partial charge in [0.15, 0.2) is 0 Å². The Balaban J connectivity index is 2.19. The summed E-state index contributed by atoms with van der Waals surface area (Å²) < 4.78 is 39.8. The maximum Gasteiger partial charge on any atom is 0.573 e. The topological polar surface area (TPSA) is 58.0 Å². The fourth-order valence-corrected chi connectivity index (χ4v) is 1.62. The van der Waals surface area contributed by atoms with Gasteiger partial charge in [-0.3, -0.25) is 0 Å². The van der Waals surface area contributed by atoms with Gasteiger partial charge in [0.25, 0.3) is 0 Å². The second-order valence-corrected chi connectivity index (χ2v) is 3.81. The summed E-state index contributed by atoms with van der Waals surface area (Å²) in [6.07, 6.45) is -4.70. The van der Waals surface area contributed by atoms with Gasteiger partial charge >= 0.3 is 6.36 Å². The third kappa shape index (κ3) is 3.66. The minimum absolute atomic E-state index is 0.271. The predicted molar refractivity (Wildman–Crippen MR) is 67.4 cm³/mol. The van der Waals surface area contributed by atoms with Crippen molar-refractivity contribution in [3.05, 3.63) is 59.0 Å². The van der Waals surface area contributed by atoms with Gasteiger partial charge in [-0.05, 0) is 28.8 Å². The zero-order chi connectivity index (χ0) is 14.6. The molecule has 0 aliphatic carbocycles. The summed E-state index contributed by atoms with van der Waals surface area (Å²) in [6.45, 7) is 0. The van der Waals surface area contributed by atoms with Gasteiger partial charge in [0, 0.05) is 10.6 Å². The maximum absolute atomic E-state index is 12.0. The summed E-state index contributed by atoms with van der Waals surface area (Å²) >= 11 is 0. The molecule has 0 saturated carbocycles. The first kappa shape index (κ1) is 13.8. The second-order valence-electron chi connectivity index (χ2n) is 3.81. The molecule has 20 heavy (non-hydrogen) atoms. The van der Waals surface area contributed by atoms with Gasteiger partial charge in [0.1, 0.15) is 5.75 Å². The second kappa shape index (κ2) is 5.54. The van der Waals surface area contributed by atoms with Crippen molar-refractivity contribution in [2.24, 2.45) is 5.11 Å². The van der Waals surface area contributed by atoms with Gasteiger partial charge in [-0.25, -0.2) is 0 Å². The van der Waals surface area contributed by atoms with E-state index in [-0.39, 0.29) is 5.75 Å². The van der Waals surface area contributed by atoms with E-state index in [0.717, 1.165) is 11.1 Å². The van der Waals surface area contributed by atoms with Crippen molar-refractivity contribution >= 4 is 5.69 Å². The summed E-state index contributed by atoms with van der Waals surface area (Å²) in [7, 11) is 0. The van der Waals surface area contributed by atoms with Crippen LogP contribution in [-0.2, 0) is 0 Å². The lowest BCUT2D eigenvalue weighted by atomic mass is 10.1. The van der Waals surface area contributed by atoms with E-state index in [1.165, 1.54) is 24.3 Å². The van der Waals surface area contributed by atoms with E-state index in [1.54, 1.807) is 24.3 Å². The Labute approximate surface area is 112 Å². The number of benzene rings is 2. The van der Waals surface area contributed by atoms with E-state index < -0.39 is 6.36 Å². The molecule has 0 atom stereocenters. The smallest absolute Gasteiger partial charge is 0.406 e. The van der Waals surface area contributed by atoms with Crippen LogP contribution in [0.25, 0.3) is 21.6 Å². The maximum atomic E-state index is 12.0. The van der Waals surface area contributed by atoms with Crippen LogP contribution in [0.15, 0.2) is 53.6 Å². The molecule has 0 spiro atoms. The molecule has 0 aliphatic rings. The summed E-state index contributed by atoms with van der Waals surface area (Å²) in [5, 5.41) is 3.43. The number of halogens is 3. The first-order chi connectivity index (χ1) is 9.48. The Morgan fingerprint density at radius 2 is 1.40 bits per heavy atom. The first-order valence-electron chi connectivity index (χ1n) is 5.49. The molecule has 0 fully saturated rings. The van der Waals surface area contributed by atoms with Crippen LogP contribution in [0.3, 0.4) is 0 Å². The Hall–Kier alpha value is -2.66. The average Bonchev–Trinajstić information content (AvgIpc) is 2.39. The highest BCUT2D eigenvalue weighted by atomic mass is 19.4. The van der Waals surface area contributed by atoms with Crippen LogP contribution in [0.2, 0.25) is 0 Å². The number of hydrogen-bond acceptors (Lipinski definition) is 2. The fraction of sp³-hybridized carbons (Fsp3) is 0.0769. The van der Waals surface area contributed by atoms with Crippen LogP contribution in [0, 0.1) is 0 Å². The molecule has 7 heteroatoms. The van der Waals surface area contributed by atoms with E-state index in [4.69, 9.17) is 5.53 Å². The van der Waals surface area contributed by atoms with Crippen molar-refractivity contribution in [3.63, 3.8) is 0 Å². The standard InChI is InChI=1S/C13H8F3N3O/c14-13(15,16)20-12-7-3-10(4-8-12)9-1-5-11(6-2-9)18-19-17/h1-8H. The number of rotatable bonds is 3. The van der Waals surface area contributed by atoms with E-state index in [2.05, 4.69) is 14.8 Å². The summed E-state index contributed by atoms with van der Waals surface area (Å²) in [5.74, 6) is -0.271. The Morgan fingerprint density at radius 1 is 0.900 bits per heavy atom. The number of ether oxygens (including phenoxy) is 1. The fourth-order valence-electron chi connectivity index (χ4n) is 1.62. The van der Waals surface area contributed by atoms with E-state index in [0.29, 0.717) is 5.69 Å². The highest BCUT2D eigenvalue weighted by Crippen LogP contribution is 2.27. The molecule has 2 aromatic rings. The molecule has 2 aromatic carbocycles. The Kier molecular flexibility index (Phi) is 3.81. The van der Waals surface area contributed by atoms with Gasteiger partial charge in [-0.15, -0.1) is 13.2 Å². The van der Waals surface area contributed by atoms with E-state index in [9.17, 15) is 13.2 Å². The Bertz CT molecular complexity index is 629. The molecule has 102 valence electrons. The van der Waals surface area contributed by atoms with Gasteiger partial charge in [-0.2, -0.15) is 0 Å². The van der Waals surface area contributed by atoms with Crippen molar-refractivity contribution in [2.45, 2.75) is 6.36 Å². The molecule has 0 N–H and O–H groups in total. The first-order valence-corrected chi connectivity index (χ1v) is 5.49. The van der Waals surface area contributed by atoms with Crippen LogP contribution < -0.4 is 4.74 Å².